The second kappa shape index (κ2) is 16.2. The van der Waals surface area contributed by atoms with Crippen LogP contribution in [-0.4, -0.2) is 58.3 Å². The van der Waals surface area contributed by atoms with Crippen LogP contribution in [0.1, 0.15) is 56.3 Å². The van der Waals surface area contributed by atoms with E-state index in [0.717, 1.165) is 16.7 Å². The summed E-state index contributed by atoms with van der Waals surface area (Å²) in [7, 11) is 5.89. The molecule has 0 unspecified atom stereocenters. The molecule has 0 heterocycles. The summed E-state index contributed by atoms with van der Waals surface area (Å²) < 4.78 is 22.1. The van der Waals surface area contributed by atoms with Gasteiger partial charge in [-0.3, -0.25) is 14.4 Å². The molecule has 11 nitrogen and oxygen atoms in total. The van der Waals surface area contributed by atoms with E-state index in [9.17, 15) is 19.2 Å². The van der Waals surface area contributed by atoms with Crippen LogP contribution in [0.3, 0.4) is 0 Å². The van der Waals surface area contributed by atoms with Crippen molar-refractivity contribution < 1.29 is 33.3 Å². The molecule has 0 fully saturated rings. The van der Waals surface area contributed by atoms with Crippen LogP contribution in [0.4, 0.5) is 5.69 Å². The van der Waals surface area contributed by atoms with Gasteiger partial charge in [-0.2, -0.15) is 0 Å². The Morgan fingerprint density at radius 2 is 1.60 bits per heavy atom. The van der Waals surface area contributed by atoms with Crippen molar-refractivity contribution in [1.29, 1.82) is 0 Å². The maximum Gasteiger partial charge on any atom is 0.328 e. The Hall–Kier alpha value is -5.06. The Labute approximate surface area is 281 Å². The summed E-state index contributed by atoms with van der Waals surface area (Å²) in [5, 5.41) is 9.02. The van der Waals surface area contributed by atoms with Crippen molar-refractivity contribution in [3.8, 4) is 28.4 Å². The van der Waals surface area contributed by atoms with Gasteiger partial charge in [-0.05, 0) is 65.6 Å². The monoisotopic (exact) mass is 659 g/mol. The number of hydrogen-bond acceptors (Lipinski definition) is 9. The quantitative estimate of drug-likeness (QED) is 0.225. The van der Waals surface area contributed by atoms with E-state index in [0.29, 0.717) is 47.6 Å². The number of rotatable bonds is 13. The van der Waals surface area contributed by atoms with E-state index in [4.69, 9.17) is 18.9 Å². The number of hydrogen-bond donors (Lipinski definition) is 3. The van der Waals surface area contributed by atoms with Crippen molar-refractivity contribution in [3.63, 3.8) is 0 Å². The molecule has 1 aliphatic rings. The molecule has 4 rings (SSSR count). The fraction of sp³-hybridized carbons (Fsp3) is 0.405. The number of carbonyl (C=O) groups excluding carboxylic acids is 3. The maximum absolute atomic E-state index is 13.9. The summed E-state index contributed by atoms with van der Waals surface area (Å²) >= 11 is 0. The summed E-state index contributed by atoms with van der Waals surface area (Å²) in [5.41, 5.74) is 3.57. The molecule has 0 aromatic heterocycles. The number of anilines is 1. The molecule has 3 aromatic carbocycles. The number of ether oxygens (including phenoxy) is 4. The van der Waals surface area contributed by atoms with E-state index in [-0.39, 0.29) is 29.4 Å². The van der Waals surface area contributed by atoms with Crippen molar-refractivity contribution >= 4 is 23.5 Å². The van der Waals surface area contributed by atoms with Gasteiger partial charge in [-0.1, -0.05) is 50.2 Å². The van der Waals surface area contributed by atoms with Crippen LogP contribution in [0.25, 0.3) is 11.1 Å². The van der Waals surface area contributed by atoms with Crippen LogP contribution >= 0.6 is 0 Å². The lowest BCUT2D eigenvalue weighted by Crippen LogP contribution is -2.49. The Morgan fingerprint density at radius 1 is 0.896 bits per heavy atom. The smallest absolute Gasteiger partial charge is 0.328 e. The average Bonchev–Trinajstić information content (AvgIpc) is 3.31. The van der Waals surface area contributed by atoms with Crippen LogP contribution < -0.4 is 35.6 Å². The van der Waals surface area contributed by atoms with Crippen LogP contribution in [0.5, 0.6) is 17.2 Å². The van der Waals surface area contributed by atoms with Gasteiger partial charge in [-0.25, -0.2) is 4.79 Å². The fourth-order valence-corrected chi connectivity index (χ4v) is 6.18. The van der Waals surface area contributed by atoms with Gasteiger partial charge in [0.25, 0.3) is 0 Å². The standard InChI is InChI=1S/C37H45N3O8/c1-21(2)17-29(36(43)40-30(37(44)48-7)18-23-11-9-8-10-12-23)39-28-16-14-25-26(20-31(28)42)27(38-22(3)41)15-13-24-19-32(45-4)34(46-5)35(47-6)33(24)25/h8-12,14,16,19-21,27,29-30H,13,15,17-18H2,1-7H3,(H,38,41)(H,39,42)(H,40,43)/t27-,29-,30-/m1/s1. The summed E-state index contributed by atoms with van der Waals surface area (Å²) in [6, 6.07) is 13.9. The van der Waals surface area contributed by atoms with E-state index in [1.807, 2.05) is 50.2 Å². The zero-order valence-corrected chi connectivity index (χ0v) is 28.6. The van der Waals surface area contributed by atoms with Gasteiger partial charge < -0.3 is 34.9 Å². The SMILES string of the molecule is COC(=O)[C@@H](Cc1ccccc1)NC(=O)[C@@H](CC(C)C)Nc1ccc2c(cc1=O)[C@H](NC(C)=O)CCc1cc(OC)c(OC)c(OC)c1-2. The van der Waals surface area contributed by atoms with Crippen molar-refractivity contribution in [1.82, 2.24) is 10.6 Å². The van der Waals surface area contributed by atoms with Crippen LogP contribution in [0.2, 0.25) is 0 Å². The predicted molar refractivity (Wildman–Crippen MR) is 184 cm³/mol. The lowest BCUT2D eigenvalue weighted by atomic mass is 9.95. The second-order valence-corrected chi connectivity index (χ2v) is 12.2. The van der Waals surface area contributed by atoms with Gasteiger partial charge in [0.05, 0.1) is 40.2 Å². The molecule has 0 saturated heterocycles. The van der Waals surface area contributed by atoms with Crippen molar-refractivity contribution in [3.05, 3.63) is 81.5 Å². The molecule has 3 N–H and O–H groups in total. The minimum absolute atomic E-state index is 0.0750. The largest absolute Gasteiger partial charge is 0.493 e. The Morgan fingerprint density at radius 3 is 2.21 bits per heavy atom. The topological polar surface area (TPSA) is 141 Å². The number of fused-ring (bicyclic) bond motifs is 3. The zero-order valence-electron chi connectivity index (χ0n) is 28.6. The molecule has 2 amide bonds. The Balaban J connectivity index is 1.79. The molecule has 0 saturated carbocycles. The first-order chi connectivity index (χ1) is 23.0. The van der Waals surface area contributed by atoms with Crippen LogP contribution in [-0.2, 0) is 32.0 Å². The van der Waals surface area contributed by atoms with Gasteiger partial charge >= 0.3 is 5.97 Å². The first kappa shape index (κ1) is 35.8. The van der Waals surface area contributed by atoms with E-state index in [1.54, 1.807) is 19.2 Å². The minimum atomic E-state index is -0.926. The zero-order chi connectivity index (χ0) is 35.0. The van der Waals surface area contributed by atoms with Gasteiger partial charge in [0.2, 0.25) is 23.0 Å². The number of nitrogens with one attached hydrogen (secondary N) is 3. The van der Waals surface area contributed by atoms with Gasteiger partial charge in [0.1, 0.15) is 12.1 Å². The Kier molecular flexibility index (Phi) is 12.1. The van der Waals surface area contributed by atoms with Crippen LogP contribution in [0.15, 0.2) is 59.4 Å². The number of esters is 1. The molecule has 48 heavy (non-hydrogen) atoms. The van der Waals surface area contributed by atoms with Gasteiger partial charge in [-0.15, -0.1) is 0 Å². The first-order valence-corrected chi connectivity index (χ1v) is 16.0. The molecule has 3 aromatic rings. The predicted octanol–water partition coefficient (Wildman–Crippen LogP) is 4.59. The number of amides is 2. The molecular weight excluding hydrogens is 614 g/mol. The highest BCUT2D eigenvalue weighted by atomic mass is 16.5. The summed E-state index contributed by atoms with van der Waals surface area (Å²) in [5.74, 6) is 0.167. The third kappa shape index (κ3) is 8.26. The maximum atomic E-state index is 13.9. The van der Waals surface area contributed by atoms with E-state index < -0.39 is 30.0 Å². The van der Waals surface area contributed by atoms with E-state index in [2.05, 4.69) is 16.0 Å². The van der Waals surface area contributed by atoms with Crippen LogP contribution in [0, 0.1) is 5.92 Å². The Bertz CT molecular complexity index is 1690. The number of methoxy groups -OCH3 is 4. The molecule has 256 valence electrons. The molecule has 3 atom stereocenters. The highest BCUT2D eigenvalue weighted by Crippen LogP contribution is 2.50. The van der Waals surface area contributed by atoms with E-state index >= 15 is 0 Å². The fourth-order valence-electron chi connectivity index (χ4n) is 6.18. The highest BCUT2D eigenvalue weighted by Gasteiger charge is 2.31. The molecule has 0 radical (unpaired) electrons. The second-order valence-electron chi connectivity index (χ2n) is 12.2. The number of carbonyl (C=O) groups is 3. The summed E-state index contributed by atoms with van der Waals surface area (Å²) in [6.45, 7) is 5.38. The van der Waals surface area contributed by atoms with Crippen molar-refractivity contribution in [2.45, 2.75) is 64.6 Å². The molecule has 0 aliphatic heterocycles. The third-order valence-electron chi connectivity index (χ3n) is 8.35. The molecule has 0 spiro atoms. The lowest BCUT2D eigenvalue weighted by molar-refractivity contribution is -0.145. The third-order valence-corrected chi connectivity index (χ3v) is 8.35. The van der Waals surface area contributed by atoms with Gasteiger partial charge in [0, 0.05) is 18.9 Å². The molecular formula is C37H45N3O8. The van der Waals surface area contributed by atoms with E-state index in [1.165, 1.54) is 34.3 Å². The normalized spacial score (nSPS) is 14.7. The average molecular weight is 660 g/mol. The number of aryl methyl sites for hydroxylation is 1. The number of benzene rings is 2. The summed E-state index contributed by atoms with van der Waals surface area (Å²) in [6.07, 6.45) is 1.70. The molecule has 0 bridgehead atoms. The van der Waals surface area contributed by atoms with Crippen molar-refractivity contribution in [2.75, 3.05) is 33.8 Å². The van der Waals surface area contributed by atoms with Crippen molar-refractivity contribution in [2.24, 2.45) is 5.92 Å². The van der Waals surface area contributed by atoms with Gasteiger partial charge in [0.15, 0.2) is 11.5 Å². The molecule has 1 aliphatic carbocycles. The molecule has 11 heteroatoms. The minimum Gasteiger partial charge on any atom is -0.493 e. The lowest BCUT2D eigenvalue weighted by Gasteiger charge is -2.24. The first-order valence-electron chi connectivity index (χ1n) is 16.0. The highest BCUT2D eigenvalue weighted by molar-refractivity contribution is 5.90. The summed E-state index contributed by atoms with van der Waals surface area (Å²) in [4.78, 5) is 52.7.